The second kappa shape index (κ2) is 9.89. The lowest BCUT2D eigenvalue weighted by molar-refractivity contribution is 0.633. The number of fused-ring (bicyclic) bond motifs is 13. The Morgan fingerprint density at radius 2 is 1.04 bits per heavy atom. The van der Waals surface area contributed by atoms with Crippen molar-refractivity contribution in [2.75, 3.05) is 0 Å². The zero-order valence-corrected chi connectivity index (χ0v) is 26.1. The van der Waals surface area contributed by atoms with E-state index in [-0.39, 0.29) is 0 Å². The highest BCUT2D eigenvalue weighted by atomic mass is 16.4. The van der Waals surface area contributed by atoms with Crippen LogP contribution in [0.3, 0.4) is 0 Å². The average molecular weight is 628 g/mol. The van der Waals surface area contributed by atoms with Gasteiger partial charge in [0.15, 0.2) is 17.0 Å². The van der Waals surface area contributed by atoms with Crippen LogP contribution in [0.1, 0.15) is 0 Å². The molecule has 0 aliphatic carbocycles. The van der Waals surface area contributed by atoms with E-state index in [2.05, 4.69) is 108 Å². The summed E-state index contributed by atoms with van der Waals surface area (Å²) in [4.78, 5) is 10.3. The lowest BCUT2D eigenvalue weighted by Gasteiger charge is -2.13. The van der Waals surface area contributed by atoms with Crippen LogP contribution in [-0.2, 0) is 0 Å². The monoisotopic (exact) mass is 627 g/mol. The molecule has 0 unspecified atom stereocenters. The maximum Gasteiger partial charge on any atom is 0.180 e. The first-order chi connectivity index (χ1) is 24.3. The van der Waals surface area contributed by atoms with Crippen LogP contribution in [0.2, 0.25) is 0 Å². The molecule has 0 saturated carbocycles. The van der Waals surface area contributed by atoms with Gasteiger partial charge >= 0.3 is 0 Å². The topological polar surface area (TPSA) is 57.0 Å². The molecule has 0 aliphatic heterocycles. The van der Waals surface area contributed by atoms with Gasteiger partial charge in [-0.15, -0.1) is 0 Å². The molecule has 5 heteroatoms. The molecule has 228 valence electrons. The van der Waals surface area contributed by atoms with E-state index in [0.717, 1.165) is 99.1 Å². The maximum absolute atomic E-state index is 6.67. The van der Waals surface area contributed by atoms with Gasteiger partial charge in [0.1, 0.15) is 11.2 Å². The lowest BCUT2D eigenvalue weighted by atomic mass is 10.0. The number of rotatable bonds is 3. The summed E-state index contributed by atoms with van der Waals surface area (Å²) in [6.45, 7) is 0. The van der Waals surface area contributed by atoms with E-state index >= 15 is 0 Å². The van der Waals surface area contributed by atoms with Crippen LogP contribution >= 0.6 is 0 Å². The summed E-state index contributed by atoms with van der Waals surface area (Å²) in [5.41, 5.74) is 10.2. The van der Waals surface area contributed by atoms with Gasteiger partial charge in [-0.1, -0.05) is 115 Å². The smallest absolute Gasteiger partial charge is 0.180 e. The van der Waals surface area contributed by atoms with Crippen LogP contribution in [0.4, 0.5) is 0 Å². The Bertz CT molecular complexity index is 3100. The number of nitrogens with zero attached hydrogens (tertiary/aromatic N) is 3. The summed E-state index contributed by atoms with van der Waals surface area (Å²) in [6.07, 6.45) is 0. The summed E-state index contributed by atoms with van der Waals surface area (Å²) < 4.78 is 15.7. The summed E-state index contributed by atoms with van der Waals surface area (Å²) in [5, 5.41) is 7.50. The predicted molar refractivity (Wildman–Crippen MR) is 199 cm³/mol. The molecule has 0 aliphatic rings. The average Bonchev–Trinajstić information content (AvgIpc) is 3.85. The van der Waals surface area contributed by atoms with E-state index in [0.29, 0.717) is 5.82 Å². The van der Waals surface area contributed by atoms with Gasteiger partial charge in [0.2, 0.25) is 0 Å². The minimum Gasteiger partial charge on any atom is -0.452 e. The van der Waals surface area contributed by atoms with Crippen molar-refractivity contribution in [1.29, 1.82) is 0 Å². The molecule has 0 N–H and O–H groups in total. The summed E-state index contributed by atoms with van der Waals surface area (Å²) in [7, 11) is 0. The molecule has 0 amide bonds. The van der Waals surface area contributed by atoms with E-state index in [1.165, 1.54) is 0 Å². The van der Waals surface area contributed by atoms with Crippen molar-refractivity contribution in [2.45, 2.75) is 0 Å². The molecule has 11 aromatic rings. The third kappa shape index (κ3) is 3.70. The van der Waals surface area contributed by atoms with Gasteiger partial charge < -0.3 is 13.4 Å². The third-order valence-corrected chi connectivity index (χ3v) is 9.78. The molecule has 4 heterocycles. The van der Waals surface area contributed by atoms with E-state index < -0.39 is 0 Å². The van der Waals surface area contributed by atoms with Crippen LogP contribution in [0.5, 0.6) is 0 Å². The van der Waals surface area contributed by atoms with Gasteiger partial charge in [-0.3, -0.25) is 0 Å². The molecule has 0 saturated heterocycles. The normalized spacial score (nSPS) is 12.1. The van der Waals surface area contributed by atoms with Crippen LogP contribution in [-0.4, -0.2) is 14.5 Å². The Kier molecular flexibility index (Phi) is 5.32. The number of benzene rings is 7. The van der Waals surface area contributed by atoms with Gasteiger partial charge in [0.25, 0.3) is 0 Å². The van der Waals surface area contributed by atoms with Gasteiger partial charge in [-0.05, 0) is 36.4 Å². The number of aromatic nitrogens is 3. The van der Waals surface area contributed by atoms with E-state index in [4.69, 9.17) is 18.8 Å². The SMILES string of the molecule is c1ccc(-c2nc(-c3ccccc3)c3cc(-n4c5ccccc5c5c6c7ccccc7oc6c6oc7ccccc7c6c54)ccc3n2)cc1. The largest absolute Gasteiger partial charge is 0.452 e. The number of para-hydroxylation sites is 3. The van der Waals surface area contributed by atoms with Crippen molar-refractivity contribution in [1.82, 2.24) is 14.5 Å². The van der Waals surface area contributed by atoms with Crippen molar-refractivity contribution < 1.29 is 8.83 Å². The van der Waals surface area contributed by atoms with Gasteiger partial charge in [0, 0.05) is 49.1 Å². The predicted octanol–water partition coefficient (Wildman–Crippen LogP) is 11.9. The Balaban J connectivity index is 1.32. The summed E-state index contributed by atoms with van der Waals surface area (Å²) >= 11 is 0. The number of hydrogen-bond donors (Lipinski definition) is 0. The quantitative estimate of drug-likeness (QED) is 0.196. The van der Waals surface area contributed by atoms with Crippen molar-refractivity contribution in [3.8, 4) is 28.3 Å². The van der Waals surface area contributed by atoms with E-state index in [1.54, 1.807) is 0 Å². The molecular formula is C44H25N3O2. The van der Waals surface area contributed by atoms with E-state index in [1.807, 2.05) is 48.5 Å². The minimum atomic E-state index is 0.706. The van der Waals surface area contributed by atoms with Crippen LogP contribution in [0.15, 0.2) is 160 Å². The summed E-state index contributed by atoms with van der Waals surface area (Å²) in [6, 6.07) is 52.3. The standard InChI is InChI=1S/C44H25N3O2/c1-3-13-26(14-4-1)40-32-25-28(23-24-33(32)45-44(46-40)27-15-5-2-6-16-27)47-34-20-10-7-17-29(34)37-38-30-18-8-11-21-35(30)48-42(38)43-39(41(37)47)31-19-9-12-22-36(31)49-43/h1-25H. The van der Waals surface area contributed by atoms with Crippen LogP contribution < -0.4 is 0 Å². The molecule has 0 fully saturated rings. The Hall–Kier alpha value is -6.72. The highest BCUT2D eigenvalue weighted by Crippen LogP contribution is 2.48. The molecule has 4 aromatic heterocycles. The molecule has 5 nitrogen and oxygen atoms in total. The Morgan fingerprint density at radius 1 is 0.449 bits per heavy atom. The zero-order chi connectivity index (χ0) is 32.1. The molecule has 7 aromatic carbocycles. The second-order valence-corrected chi connectivity index (χ2v) is 12.5. The lowest BCUT2D eigenvalue weighted by Crippen LogP contribution is -1.98. The fraction of sp³-hybridized carbons (Fsp3) is 0. The minimum absolute atomic E-state index is 0.706. The fourth-order valence-corrected chi connectivity index (χ4v) is 7.68. The van der Waals surface area contributed by atoms with Crippen molar-refractivity contribution in [2.24, 2.45) is 0 Å². The molecule has 0 radical (unpaired) electrons. The third-order valence-electron chi connectivity index (χ3n) is 9.78. The Labute approximate surface area is 279 Å². The van der Waals surface area contributed by atoms with Crippen molar-refractivity contribution in [3.05, 3.63) is 152 Å². The van der Waals surface area contributed by atoms with Crippen molar-refractivity contribution >= 4 is 76.6 Å². The molecule has 0 atom stereocenters. The molecular weight excluding hydrogens is 603 g/mol. The van der Waals surface area contributed by atoms with E-state index in [9.17, 15) is 0 Å². The first-order valence-corrected chi connectivity index (χ1v) is 16.4. The molecule has 0 bridgehead atoms. The summed E-state index contributed by atoms with van der Waals surface area (Å²) in [5.74, 6) is 0.706. The molecule has 49 heavy (non-hydrogen) atoms. The van der Waals surface area contributed by atoms with Gasteiger partial charge in [-0.2, -0.15) is 0 Å². The second-order valence-electron chi connectivity index (χ2n) is 12.5. The van der Waals surface area contributed by atoms with Gasteiger partial charge in [0.05, 0.1) is 27.6 Å². The number of hydrogen-bond acceptors (Lipinski definition) is 4. The first-order valence-electron chi connectivity index (χ1n) is 16.4. The highest BCUT2D eigenvalue weighted by Gasteiger charge is 2.26. The first kappa shape index (κ1) is 26.4. The van der Waals surface area contributed by atoms with Crippen molar-refractivity contribution in [3.63, 3.8) is 0 Å². The zero-order valence-electron chi connectivity index (χ0n) is 26.1. The highest BCUT2D eigenvalue weighted by molar-refractivity contribution is 6.38. The van der Waals surface area contributed by atoms with Crippen LogP contribution in [0.25, 0.3) is 105 Å². The maximum atomic E-state index is 6.67. The Morgan fingerprint density at radius 3 is 1.78 bits per heavy atom. The molecule has 11 rings (SSSR count). The van der Waals surface area contributed by atoms with Crippen LogP contribution in [0, 0.1) is 0 Å². The molecule has 0 spiro atoms. The fourth-order valence-electron chi connectivity index (χ4n) is 7.68. The van der Waals surface area contributed by atoms with Gasteiger partial charge in [-0.25, -0.2) is 9.97 Å². The number of furan rings is 2.